The predicted octanol–water partition coefficient (Wildman–Crippen LogP) is 2.71. The van der Waals surface area contributed by atoms with Gasteiger partial charge in [0.25, 0.3) is 0 Å². The minimum Gasteiger partial charge on any atom is -0.496 e. The number of benzene rings is 2. The molecule has 10 heteroatoms. The van der Waals surface area contributed by atoms with Crippen molar-refractivity contribution in [1.82, 2.24) is 25.5 Å². The van der Waals surface area contributed by atoms with Gasteiger partial charge in [0.2, 0.25) is 11.1 Å². The van der Waals surface area contributed by atoms with Gasteiger partial charge >= 0.3 is 0 Å². The number of carbonyl (C=O) groups is 1. The summed E-state index contributed by atoms with van der Waals surface area (Å²) in [5.41, 5.74) is 3.81. The Labute approximate surface area is 185 Å². The third kappa shape index (κ3) is 5.08. The summed E-state index contributed by atoms with van der Waals surface area (Å²) in [7, 11) is 4.68. The molecule has 31 heavy (non-hydrogen) atoms. The van der Waals surface area contributed by atoms with Crippen LogP contribution >= 0.6 is 11.8 Å². The summed E-state index contributed by atoms with van der Waals surface area (Å²) >= 11 is 1.27. The molecule has 0 aliphatic carbocycles. The van der Waals surface area contributed by atoms with Crippen LogP contribution < -0.4 is 19.5 Å². The van der Waals surface area contributed by atoms with Crippen molar-refractivity contribution in [3.63, 3.8) is 0 Å². The predicted molar refractivity (Wildman–Crippen MR) is 117 cm³/mol. The minimum atomic E-state index is -0.155. The van der Waals surface area contributed by atoms with Crippen LogP contribution in [-0.4, -0.2) is 53.2 Å². The minimum absolute atomic E-state index is 0.155. The molecule has 164 valence electrons. The highest BCUT2D eigenvalue weighted by Crippen LogP contribution is 2.34. The van der Waals surface area contributed by atoms with Gasteiger partial charge in [0.15, 0.2) is 11.5 Å². The number of amides is 1. The van der Waals surface area contributed by atoms with Gasteiger partial charge < -0.3 is 19.5 Å². The molecule has 1 N–H and O–H groups in total. The smallest absolute Gasteiger partial charge is 0.230 e. The number of nitrogens with one attached hydrogen (secondary N) is 1. The van der Waals surface area contributed by atoms with Gasteiger partial charge in [0, 0.05) is 18.2 Å². The number of hydrogen-bond donors (Lipinski definition) is 1. The molecule has 1 heterocycles. The Hall–Kier alpha value is -3.27. The van der Waals surface area contributed by atoms with Gasteiger partial charge in [-0.2, -0.15) is 4.68 Å². The number of aryl methyl sites for hydroxylation is 2. The summed E-state index contributed by atoms with van der Waals surface area (Å²) in [5.74, 6) is 1.74. The van der Waals surface area contributed by atoms with Crippen molar-refractivity contribution in [2.24, 2.45) is 0 Å². The SMILES string of the molecule is COc1cc(OC)c(OC)cc1CNC(=O)CSc1nnnn1-c1c(C)cccc1C. The second kappa shape index (κ2) is 10.2. The number of thioether (sulfide) groups is 1. The lowest BCUT2D eigenvalue weighted by Crippen LogP contribution is -2.25. The molecule has 0 aliphatic rings. The van der Waals surface area contributed by atoms with E-state index in [0.29, 0.717) is 22.4 Å². The molecule has 3 aromatic rings. The summed E-state index contributed by atoms with van der Waals surface area (Å²) in [6.07, 6.45) is 0. The molecular formula is C21H25N5O4S. The quantitative estimate of drug-likeness (QED) is 0.504. The fourth-order valence-corrected chi connectivity index (χ4v) is 3.86. The van der Waals surface area contributed by atoms with Crippen LogP contribution in [-0.2, 0) is 11.3 Å². The van der Waals surface area contributed by atoms with E-state index in [4.69, 9.17) is 14.2 Å². The molecule has 0 unspecified atom stereocenters. The average Bonchev–Trinajstić information content (AvgIpc) is 3.23. The van der Waals surface area contributed by atoms with Crippen molar-refractivity contribution in [3.05, 3.63) is 47.0 Å². The maximum Gasteiger partial charge on any atom is 0.230 e. The molecule has 0 bridgehead atoms. The first-order chi connectivity index (χ1) is 15.0. The average molecular weight is 444 g/mol. The molecule has 1 amide bonds. The Morgan fingerprint density at radius 2 is 1.68 bits per heavy atom. The Morgan fingerprint density at radius 1 is 1.03 bits per heavy atom. The molecule has 0 aliphatic heterocycles. The second-order valence-electron chi connectivity index (χ2n) is 6.70. The topological polar surface area (TPSA) is 100 Å². The third-order valence-electron chi connectivity index (χ3n) is 4.69. The molecule has 3 rings (SSSR count). The Morgan fingerprint density at radius 3 is 2.32 bits per heavy atom. The summed E-state index contributed by atoms with van der Waals surface area (Å²) in [6, 6.07) is 9.50. The number of nitrogens with zero attached hydrogens (tertiary/aromatic N) is 4. The largest absolute Gasteiger partial charge is 0.496 e. The molecule has 2 aromatic carbocycles. The first-order valence-corrected chi connectivity index (χ1v) is 10.5. The summed E-state index contributed by atoms with van der Waals surface area (Å²) in [5, 5.41) is 15.4. The Bertz CT molecular complexity index is 1050. The first-order valence-electron chi connectivity index (χ1n) is 9.51. The third-order valence-corrected chi connectivity index (χ3v) is 5.61. The Balaban J connectivity index is 1.66. The Kier molecular flexibility index (Phi) is 7.35. The molecule has 1 aromatic heterocycles. The summed E-state index contributed by atoms with van der Waals surface area (Å²) in [4.78, 5) is 12.5. The number of ether oxygens (including phenoxy) is 3. The van der Waals surface area contributed by atoms with E-state index in [1.807, 2.05) is 32.0 Å². The zero-order chi connectivity index (χ0) is 22.4. The van der Waals surface area contributed by atoms with Crippen molar-refractivity contribution >= 4 is 17.7 Å². The van der Waals surface area contributed by atoms with Crippen molar-refractivity contribution in [3.8, 4) is 22.9 Å². The molecule has 0 saturated heterocycles. The first kappa shape index (κ1) is 22.4. The van der Waals surface area contributed by atoms with E-state index in [0.717, 1.165) is 22.4 Å². The number of para-hydroxylation sites is 1. The number of hydrogen-bond acceptors (Lipinski definition) is 8. The molecule has 0 atom stereocenters. The fraction of sp³-hybridized carbons (Fsp3) is 0.333. The van der Waals surface area contributed by atoms with Crippen LogP contribution in [0.5, 0.6) is 17.2 Å². The van der Waals surface area contributed by atoms with Crippen LogP contribution in [0.2, 0.25) is 0 Å². The highest BCUT2D eigenvalue weighted by Gasteiger charge is 2.16. The van der Waals surface area contributed by atoms with Crippen molar-refractivity contribution in [2.75, 3.05) is 27.1 Å². The molecule has 0 fully saturated rings. The molecule has 9 nitrogen and oxygen atoms in total. The van der Waals surface area contributed by atoms with Gasteiger partial charge in [-0.05, 0) is 41.5 Å². The number of tetrazole rings is 1. The van der Waals surface area contributed by atoms with E-state index in [2.05, 4.69) is 20.8 Å². The number of carbonyl (C=O) groups excluding carboxylic acids is 1. The van der Waals surface area contributed by atoms with Gasteiger partial charge in [-0.15, -0.1) is 5.10 Å². The lowest BCUT2D eigenvalue weighted by molar-refractivity contribution is -0.118. The normalized spacial score (nSPS) is 10.6. The highest BCUT2D eigenvalue weighted by atomic mass is 32.2. The maximum absolute atomic E-state index is 12.5. The van der Waals surface area contributed by atoms with Crippen LogP contribution in [0.3, 0.4) is 0 Å². The van der Waals surface area contributed by atoms with Crippen LogP contribution in [0.1, 0.15) is 16.7 Å². The van der Waals surface area contributed by atoms with E-state index < -0.39 is 0 Å². The van der Waals surface area contributed by atoms with Crippen LogP contribution in [0, 0.1) is 13.8 Å². The standard InChI is InChI=1S/C21H25N5O4S/c1-13-7-6-8-14(2)20(13)26-21(23-24-25-26)31-12-19(27)22-11-15-9-17(29-4)18(30-5)10-16(15)28-3/h6-10H,11-12H2,1-5H3,(H,22,27). The lowest BCUT2D eigenvalue weighted by Gasteiger charge is -2.14. The van der Waals surface area contributed by atoms with Gasteiger partial charge in [0.05, 0.1) is 32.8 Å². The second-order valence-corrected chi connectivity index (χ2v) is 7.64. The summed E-state index contributed by atoms with van der Waals surface area (Å²) < 4.78 is 17.7. The number of rotatable bonds is 9. The monoisotopic (exact) mass is 443 g/mol. The van der Waals surface area contributed by atoms with Gasteiger partial charge in [-0.3, -0.25) is 4.79 Å². The van der Waals surface area contributed by atoms with Crippen molar-refractivity contribution in [1.29, 1.82) is 0 Å². The van der Waals surface area contributed by atoms with Gasteiger partial charge in [-0.1, -0.05) is 30.0 Å². The van der Waals surface area contributed by atoms with Crippen LogP contribution in [0.25, 0.3) is 5.69 Å². The molecular weight excluding hydrogens is 418 g/mol. The summed E-state index contributed by atoms with van der Waals surface area (Å²) in [6.45, 7) is 4.29. The van der Waals surface area contributed by atoms with Crippen LogP contribution in [0.15, 0.2) is 35.5 Å². The fourth-order valence-electron chi connectivity index (χ4n) is 3.15. The van der Waals surface area contributed by atoms with E-state index in [-0.39, 0.29) is 18.2 Å². The molecule has 0 saturated carbocycles. The van der Waals surface area contributed by atoms with Gasteiger partial charge in [-0.25, -0.2) is 0 Å². The highest BCUT2D eigenvalue weighted by molar-refractivity contribution is 7.99. The molecule has 0 spiro atoms. The van der Waals surface area contributed by atoms with Crippen molar-refractivity contribution in [2.45, 2.75) is 25.5 Å². The van der Waals surface area contributed by atoms with Crippen molar-refractivity contribution < 1.29 is 19.0 Å². The zero-order valence-electron chi connectivity index (χ0n) is 18.1. The van der Waals surface area contributed by atoms with E-state index in [1.54, 1.807) is 38.1 Å². The van der Waals surface area contributed by atoms with E-state index >= 15 is 0 Å². The number of methoxy groups -OCH3 is 3. The van der Waals surface area contributed by atoms with Gasteiger partial charge in [0.1, 0.15) is 5.75 Å². The maximum atomic E-state index is 12.5. The van der Waals surface area contributed by atoms with E-state index in [9.17, 15) is 4.79 Å². The van der Waals surface area contributed by atoms with Crippen LogP contribution in [0.4, 0.5) is 0 Å². The lowest BCUT2D eigenvalue weighted by atomic mass is 10.1. The zero-order valence-corrected chi connectivity index (χ0v) is 18.9. The van der Waals surface area contributed by atoms with E-state index in [1.165, 1.54) is 11.8 Å². The molecule has 0 radical (unpaired) electrons. The number of aromatic nitrogens is 4.